The molecule has 2 unspecified atom stereocenters. The summed E-state index contributed by atoms with van der Waals surface area (Å²) in [6.07, 6.45) is 0.995. The van der Waals surface area contributed by atoms with E-state index in [1.807, 2.05) is 4.90 Å². The second kappa shape index (κ2) is 5.70. The van der Waals surface area contributed by atoms with Crippen molar-refractivity contribution in [2.45, 2.75) is 19.4 Å². The molecule has 18 heavy (non-hydrogen) atoms. The first-order valence-corrected chi connectivity index (χ1v) is 7.78. The van der Waals surface area contributed by atoms with Crippen molar-refractivity contribution in [1.82, 2.24) is 4.90 Å². The van der Waals surface area contributed by atoms with Crippen molar-refractivity contribution in [2.24, 2.45) is 5.92 Å². The van der Waals surface area contributed by atoms with Crippen LogP contribution in [0, 0.1) is 11.7 Å². The molecule has 0 radical (unpaired) electrons. The molecule has 1 fully saturated rings. The van der Waals surface area contributed by atoms with Crippen molar-refractivity contribution >= 4 is 37.8 Å². The summed E-state index contributed by atoms with van der Waals surface area (Å²) >= 11 is 6.60. The minimum Gasteiger partial charge on any atom is -0.335 e. The van der Waals surface area contributed by atoms with E-state index in [2.05, 4.69) is 38.8 Å². The lowest BCUT2D eigenvalue weighted by Crippen LogP contribution is -2.38. The number of benzene rings is 1. The smallest absolute Gasteiger partial charge is 0.255 e. The molecule has 1 aromatic carbocycles. The molecule has 1 aliphatic rings. The molecule has 5 heteroatoms. The Kier molecular flexibility index (Phi) is 4.43. The molecular formula is C13H14Br2FNO. The van der Waals surface area contributed by atoms with Crippen molar-refractivity contribution < 1.29 is 9.18 Å². The second-order valence-electron chi connectivity index (χ2n) is 4.59. The molecule has 1 amide bonds. The summed E-state index contributed by atoms with van der Waals surface area (Å²) in [4.78, 5) is 14.3. The van der Waals surface area contributed by atoms with Crippen LogP contribution in [0.5, 0.6) is 0 Å². The normalized spacial score (nSPS) is 23.4. The highest BCUT2D eigenvalue weighted by Gasteiger charge is 2.34. The molecule has 1 aliphatic heterocycles. The van der Waals surface area contributed by atoms with Gasteiger partial charge in [0.1, 0.15) is 5.82 Å². The Morgan fingerprint density at radius 1 is 1.56 bits per heavy atom. The SMILES string of the molecule is CC1CCN(C(=O)c2cccc(F)c2Br)C1CBr. The average Bonchev–Trinajstić information content (AvgIpc) is 2.73. The summed E-state index contributed by atoms with van der Waals surface area (Å²) in [6, 6.07) is 4.75. The third-order valence-corrected chi connectivity index (χ3v) is 4.95. The molecule has 1 heterocycles. The first-order chi connectivity index (χ1) is 8.56. The fraction of sp³-hybridized carbons (Fsp3) is 0.462. The van der Waals surface area contributed by atoms with Crippen molar-refractivity contribution in [3.63, 3.8) is 0 Å². The van der Waals surface area contributed by atoms with Gasteiger partial charge in [-0.25, -0.2) is 4.39 Å². The number of amides is 1. The van der Waals surface area contributed by atoms with Gasteiger partial charge >= 0.3 is 0 Å². The molecule has 1 aromatic rings. The predicted molar refractivity (Wildman–Crippen MR) is 76.5 cm³/mol. The Morgan fingerprint density at radius 2 is 2.28 bits per heavy atom. The molecule has 2 rings (SSSR count). The zero-order valence-electron chi connectivity index (χ0n) is 10.00. The number of hydrogen-bond donors (Lipinski definition) is 0. The molecule has 2 atom stereocenters. The average molecular weight is 379 g/mol. The molecular weight excluding hydrogens is 365 g/mol. The largest absolute Gasteiger partial charge is 0.335 e. The van der Waals surface area contributed by atoms with Gasteiger partial charge in [0.05, 0.1) is 10.0 Å². The first kappa shape index (κ1) is 14.0. The summed E-state index contributed by atoms with van der Waals surface area (Å²) in [5.41, 5.74) is 0.398. The van der Waals surface area contributed by atoms with Gasteiger partial charge in [-0.05, 0) is 40.4 Å². The molecule has 0 bridgehead atoms. The standard InChI is InChI=1S/C13H14Br2FNO/c1-8-5-6-17(11(8)7-14)13(18)9-3-2-4-10(16)12(9)15/h2-4,8,11H,5-7H2,1H3. The highest BCUT2D eigenvalue weighted by atomic mass is 79.9. The number of nitrogens with zero attached hydrogens (tertiary/aromatic N) is 1. The Labute approximate surface area is 123 Å². The van der Waals surface area contributed by atoms with Crippen molar-refractivity contribution in [3.05, 3.63) is 34.1 Å². The molecule has 2 nitrogen and oxygen atoms in total. The van der Waals surface area contributed by atoms with E-state index >= 15 is 0 Å². The van der Waals surface area contributed by atoms with Crippen LogP contribution >= 0.6 is 31.9 Å². The highest BCUT2D eigenvalue weighted by Crippen LogP contribution is 2.29. The van der Waals surface area contributed by atoms with E-state index in [1.165, 1.54) is 6.07 Å². The van der Waals surface area contributed by atoms with E-state index < -0.39 is 5.82 Å². The fourth-order valence-corrected chi connectivity index (χ4v) is 3.74. The van der Waals surface area contributed by atoms with Crippen LogP contribution in [0.3, 0.4) is 0 Å². The maximum Gasteiger partial charge on any atom is 0.255 e. The zero-order chi connectivity index (χ0) is 13.3. The summed E-state index contributed by atoms with van der Waals surface area (Å²) < 4.78 is 13.7. The van der Waals surface area contributed by atoms with E-state index in [1.54, 1.807) is 12.1 Å². The van der Waals surface area contributed by atoms with Crippen molar-refractivity contribution in [3.8, 4) is 0 Å². The maximum atomic E-state index is 13.5. The Bertz CT molecular complexity index is 466. The Morgan fingerprint density at radius 3 is 2.94 bits per heavy atom. The number of carbonyl (C=O) groups excluding carboxylic acids is 1. The summed E-state index contributed by atoms with van der Waals surface area (Å²) in [7, 11) is 0. The molecule has 1 saturated heterocycles. The molecule has 98 valence electrons. The van der Waals surface area contributed by atoms with Crippen LogP contribution in [0.15, 0.2) is 22.7 Å². The van der Waals surface area contributed by atoms with Gasteiger partial charge in [0, 0.05) is 17.9 Å². The molecule has 0 saturated carbocycles. The quantitative estimate of drug-likeness (QED) is 0.716. The van der Waals surface area contributed by atoms with Gasteiger partial charge in [0.2, 0.25) is 0 Å². The van der Waals surface area contributed by atoms with Gasteiger partial charge in [0.25, 0.3) is 5.91 Å². The van der Waals surface area contributed by atoms with Gasteiger partial charge in [-0.3, -0.25) is 4.79 Å². The van der Waals surface area contributed by atoms with Gasteiger partial charge in [0.15, 0.2) is 0 Å². The predicted octanol–water partition coefficient (Wildman–Crippen LogP) is 3.83. The zero-order valence-corrected chi connectivity index (χ0v) is 13.2. The van der Waals surface area contributed by atoms with E-state index in [-0.39, 0.29) is 16.4 Å². The fourth-order valence-electron chi connectivity index (χ4n) is 2.32. The molecule has 0 aromatic heterocycles. The van der Waals surface area contributed by atoms with E-state index in [9.17, 15) is 9.18 Å². The third-order valence-electron chi connectivity index (χ3n) is 3.48. The van der Waals surface area contributed by atoms with E-state index in [0.29, 0.717) is 11.5 Å². The Hall–Kier alpha value is -0.420. The monoisotopic (exact) mass is 377 g/mol. The van der Waals surface area contributed by atoms with Gasteiger partial charge in [-0.2, -0.15) is 0 Å². The lowest BCUT2D eigenvalue weighted by molar-refractivity contribution is 0.0737. The lowest BCUT2D eigenvalue weighted by Gasteiger charge is -2.25. The van der Waals surface area contributed by atoms with Crippen molar-refractivity contribution in [2.75, 3.05) is 11.9 Å². The van der Waals surface area contributed by atoms with Crippen LogP contribution in [0.1, 0.15) is 23.7 Å². The number of hydrogen-bond acceptors (Lipinski definition) is 1. The van der Waals surface area contributed by atoms with Gasteiger partial charge in [-0.1, -0.05) is 28.9 Å². The van der Waals surface area contributed by atoms with Crippen molar-refractivity contribution in [1.29, 1.82) is 0 Å². The van der Waals surface area contributed by atoms with Gasteiger partial charge < -0.3 is 4.90 Å². The van der Waals surface area contributed by atoms with Crippen LogP contribution in [-0.2, 0) is 0 Å². The Balaban J connectivity index is 2.29. The van der Waals surface area contributed by atoms with Gasteiger partial charge in [-0.15, -0.1) is 0 Å². The van der Waals surface area contributed by atoms with Crippen LogP contribution < -0.4 is 0 Å². The number of halogens is 3. The first-order valence-electron chi connectivity index (χ1n) is 5.87. The number of rotatable bonds is 2. The summed E-state index contributed by atoms with van der Waals surface area (Å²) in [5, 5.41) is 0.757. The number of carbonyl (C=O) groups is 1. The topological polar surface area (TPSA) is 20.3 Å². The maximum absolute atomic E-state index is 13.5. The molecule has 0 spiro atoms. The summed E-state index contributed by atoms with van der Waals surface area (Å²) in [6.45, 7) is 2.87. The third kappa shape index (κ3) is 2.48. The number of alkyl halides is 1. The second-order valence-corrected chi connectivity index (χ2v) is 6.03. The van der Waals surface area contributed by atoms with Crippen LogP contribution in [0.4, 0.5) is 4.39 Å². The van der Waals surface area contributed by atoms with Crippen LogP contribution in [-0.4, -0.2) is 28.7 Å². The van der Waals surface area contributed by atoms with E-state index in [0.717, 1.165) is 18.3 Å². The minimum atomic E-state index is -0.400. The van der Waals surface area contributed by atoms with Crippen LogP contribution in [0.2, 0.25) is 0 Å². The number of likely N-dealkylation sites (tertiary alicyclic amines) is 1. The molecule has 0 N–H and O–H groups in total. The van der Waals surface area contributed by atoms with E-state index in [4.69, 9.17) is 0 Å². The minimum absolute atomic E-state index is 0.102. The summed E-state index contributed by atoms with van der Waals surface area (Å²) in [5.74, 6) is -0.0284. The van der Waals surface area contributed by atoms with Crippen LogP contribution in [0.25, 0.3) is 0 Å². The lowest BCUT2D eigenvalue weighted by atomic mass is 10.0. The molecule has 0 aliphatic carbocycles. The highest BCUT2D eigenvalue weighted by molar-refractivity contribution is 9.10.